The molecule has 19 heavy (non-hydrogen) atoms. The summed E-state index contributed by atoms with van der Waals surface area (Å²) in [5.41, 5.74) is 1.48. The van der Waals surface area contributed by atoms with Gasteiger partial charge in [-0.2, -0.15) is 0 Å². The highest BCUT2D eigenvalue weighted by Gasteiger charge is 2.24. The summed E-state index contributed by atoms with van der Waals surface area (Å²) in [7, 11) is 0. The van der Waals surface area contributed by atoms with Crippen molar-refractivity contribution in [3.8, 4) is 0 Å². The normalized spacial score (nSPS) is 18.2. The van der Waals surface area contributed by atoms with E-state index in [2.05, 4.69) is 4.90 Å². The summed E-state index contributed by atoms with van der Waals surface area (Å²) in [5, 5.41) is 9.10. The molecule has 0 saturated carbocycles. The minimum absolute atomic E-state index is 0.0745. The molecule has 1 atom stereocenters. The summed E-state index contributed by atoms with van der Waals surface area (Å²) >= 11 is 0. The second-order valence-electron chi connectivity index (χ2n) is 5.22. The molecule has 0 bridgehead atoms. The molecule has 1 aliphatic heterocycles. The Kier molecular flexibility index (Phi) is 4.53. The first kappa shape index (κ1) is 14.0. The molecule has 0 aromatic heterocycles. The lowest BCUT2D eigenvalue weighted by molar-refractivity contribution is -0.138. The van der Waals surface area contributed by atoms with Crippen molar-refractivity contribution < 1.29 is 14.3 Å². The number of carbonyl (C=O) groups is 1. The summed E-state index contributed by atoms with van der Waals surface area (Å²) < 4.78 is 13.3. The van der Waals surface area contributed by atoms with Crippen LogP contribution in [0.3, 0.4) is 0 Å². The lowest BCUT2D eigenvalue weighted by Gasteiger charge is -2.34. The third-order valence-electron chi connectivity index (χ3n) is 3.77. The molecule has 1 aromatic rings. The number of carboxylic acid groups (broad SMARTS) is 1. The van der Waals surface area contributed by atoms with Crippen molar-refractivity contribution in [2.75, 3.05) is 13.1 Å². The van der Waals surface area contributed by atoms with Gasteiger partial charge in [0.05, 0.1) is 6.42 Å². The molecule has 104 valence electrons. The summed E-state index contributed by atoms with van der Waals surface area (Å²) in [5.74, 6) is -1.05. The topological polar surface area (TPSA) is 40.5 Å². The van der Waals surface area contributed by atoms with Gasteiger partial charge < -0.3 is 5.11 Å². The average Bonchev–Trinajstić information content (AvgIpc) is 2.40. The van der Waals surface area contributed by atoms with Crippen molar-refractivity contribution in [3.63, 3.8) is 0 Å². The Hall–Kier alpha value is -1.42. The highest BCUT2D eigenvalue weighted by molar-refractivity contribution is 5.68. The van der Waals surface area contributed by atoms with Crippen LogP contribution in [0, 0.1) is 12.7 Å². The standard InChI is InChI=1S/C15H20FNO2/c1-11-9-12(5-6-13(11)16)14(10-15(18)19)17-7-3-2-4-8-17/h5-6,9,14H,2-4,7-8,10H2,1H3,(H,18,19). The molecule has 1 unspecified atom stereocenters. The van der Waals surface area contributed by atoms with Gasteiger partial charge in [-0.15, -0.1) is 0 Å². The number of aliphatic carboxylic acids is 1. The van der Waals surface area contributed by atoms with Gasteiger partial charge in [-0.1, -0.05) is 18.6 Å². The van der Waals surface area contributed by atoms with E-state index in [1.54, 1.807) is 19.1 Å². The molecule has 1 aromatic carbocycles. The van der Waals surface area contributed by atoms with E-state index >= 15 is 0 Å². The number of hydrogen-bond donors (Lipinski definition) is 1. The predicted molar refractivity (Wildman–Crippen MR) is 71.6 cm³/mol. The van der Waals surface area contributed by atoms with Crippen LogP contribution in [-0.2, 0) is 4.79 Å². The van der Waals surface area contributed by atoms with E-state index in [0.717, 1.165) is 31.5 Å². The molecule has 0 amide bonds. The number of carboxylic acids is 1. The molecular formula is C15H20FNO2. The van der Waals surface area contributed by atoms with Crippen LogP contribution in [0.15, 0.2) is 18.2 Å². The first-order chi connectivity index (χ1) is 9.08. The first-order valence-electron chi connectivity index (χ1n) is 6.80. The fourth-order valence-electron chi connectivity index (χ4n) is 2.73. The zero-order valence-corrected chi connectivity index (χ0v) is 11.2. The maximum atomic E-state index is 13.3. The van der Waals surface area contributed by atoms with Gasteiger partial charge in [-0.25, -0.2) is 4.39 Å². The van der Waals surface area contributed by atoms with E-state index in [0.29, 0.717) is 5.56 Å². The van der Waals surface area contributed by atoms with Crippen LogP contribution in [0.2, 0.25) is 0 Å². The van der Waals surface area contributed by atoms with Gasteiger partial charge in [0.15, 0.2) is 0 Å². The number of hydrogen-bond acceptors (Lipinski definition) is 2. The van der Waals surface area contributed by atoms with Crippen LogP contribution in [0.5, 0.6) is 0 Å². The van der Waals surface area contributed by atoms with E-state index < -0.39 is 5.97 Å². The second-order valence-corrected chi connectivity index (χ2v) is 5.22. The van der Waals surface area contributed by atoms with E-state index in [1.807, 2.05) is 0 Å². The Labute approximate surface area is 113 Å². The van der Waals surface area contributed by atoms with Gasteiger partial charge in [-0.3, -0.25) is 9.69 Å². The largest absolute Gasteiger partial charge is 0.481 e. The molecule has 2 rings (SSSR count). The maximum Gasteiger partial charge on any atom is 0.305 e. The predicted octanol–water partition coefficient (Wildman–Crippen LogP) is 3.14. The molecule has 1 heterocycles. The van der Waals surface area contributed by atoms with E-state index in [4.69, 9.17) is 5.11 Å². The number of likely N-dealkylation sites (tertiary alicyclic amines) is 1. The molecule has 0 spiro atoms. The molecule has 0 aliphatic carbocycles. The Bertz CT molecular complexity index is 455. The van der Waals surface area contributed by atoms with Crippen LogP contribution >= 0.6 is 0 Å². The zero-order valence-electron chi connectivity index (χ0n) is 11.2. The Morgan fingerprint density at radius 2 is 2.05 bits per heavy atom. The van der Waals surface area contributed by atoms with Crippen LogP contribution in [-0.4, -0.2) is 29.1 Å². The van der Waals surface area contributed by atoms with Crippen LogP contribution in [0.1, 0.15) is 42.9 Å². The highest BCUT2D eigenvalue weighted by atomic mass is 19.1. The second kappa shape index (κ2) is 6.15. The molecule has 1 fully saturated rings. The van der Waals surface area contributed by atoms with Crippen molar-refractivity contribution in [1.82, 2.24) is 4.90 Å². The van der Waals surface area contributed by atoms with Crippen LogP contribution < -0.4 is 0 Å². The smallest absolute Gasteiger partial charge is 0.305 e. The summed E-state index contributed by atoms with van der Waals surface area (Å²) in [6.07, 6.45) is 3.50. The fourth-order valence-corrected chi connectivity index (χ4v) is 2.73. The third kappa shape index (κ3) is 3.53. The van der Waals surface area contributed by atoms with Gasteiger partial charge in [-0.05, 0) is 50.0 Å². The summed E-state index contributed by atoms with van der Waals surface area (Å²) in [4.78, 5) is 13.3. The Morgan fingerprint density at radius 3 is 2.63 bits per heavy atom. The SMILES string of the molecule is Cc1cc(C(CC(=O)O)N2CCCCC2)ccc1F. The fraction of sp³-hybridized carbons (Fsp3) is 0.533. The minimum atomic E-state index is -0.808. The van der Waals surface area contributed by atoms with Gasteiger partial charge >= 0.3 is 5.97 Å². The zero-order chi connectivity index (χ0) is 13.8. The molecule has 0 radical (unpaired) electrons. The van der Waals surface area contributed by atoms with E-state index in [-0.39, 0.29) is 18.3 Å². The monoisotopic (exact) mass is 265 g/mol. The minimum Gasteiger partial charge on any atom is -0.481 e. The molecule has 3 nitrogen and oxygen atoms in total. The first-order valence-corrected chi connectivity index (χ1v) is 6.80. The molecule has 1 saturated heterocycles. The molecular weight excluding hydrogens is 245 g/mol. The van der Waals surface area contributed by atoms with Gasteiger partial charge in [0.1, 0.15) is 5.82 Å². The van der Waals surface area contributed by atoms with E-state index in [1.165, 1.54) is 12.5 Å². The Balaban J connectivity index is 2.24. The number of halogens is 1. The average molecular weight is 265 g/mol. The third-order valence-corrected chi connectivity index (χ3v) is 3.77. The Morgan fingerprint density at radius 1 is 1.37 bits per heavy atom. The van der Waals surface area contributed by atoms with Crippen molar-refractivity contribution in [2.45, 2.75) is 38.6 Å². The number of nitrogens with zero attached hydrogens (tertiary/aromatic N) is 1. The van der Waals surface area contributed by atoms with Crippen molar-refractivity contribution in [3.05, 3.63) is 35.1 Å². The lowest BCUT2D eigenvalue weighted by atomic mass is 9.97. The number of piperidine rings is 1. The van der Waals surface area contributed by atoms with Gasteiger partial charge in [0.2, 0.25) is 0 Å². The van der Waals surface area contributed by atoms with Crippen molar-refractivity contribution in [2.24, 2.45) is 0 Å². The van der Waals surface area contributed by atoms with Gasteiger partial charge in [0.25, 0.3) is 0 Å². The van der Waals surface area contributed by atoms with Gasteiger partial charge in [0, 0.05) is 6.04 Å². The highest BCUT2D eigenvalue weighted by Crippen LogP contribution is 2.28. The van der Waals surface area contributed by atoms with Crippen LogP contribution in [0.4, 0.5) is 4.39 Å². The number of benzene rings is 1. The molecule has 4 heteroatoms. The summed E-state index contributed by atoms with van der Waals surface area (Å²) in [6, 6.07) is 4.78. The van der Waals surface area contributed by atoms with Crippen molar-refractivity contribution in [1.29, 1.82) is 0 Å². The number of aryl methyl sites for hydroxylation is 1. The summed E-state index contributed by atoms with van der Waals surface area (Å²) in [6.45, 7) is 3.57. The quantitative estimate of drug-likeness (QED) is 0.909. The maximum absolute atomic E-state index is 13.3. The lowest BCUT2D eigenvalue weighted by Crippen LogP contribution is -2.35. The van der Waals surface area contributed by atoms with Crippen LogP contribution in [0.25, 0.3) is 0 Å². The van der Waals surface area contributed by atoms with E-state index in [9.17, 15) is 9.18 Å². The number of rotatable bonds is 4. The molecule has 1 aliphatic rings. The molecule has 1 N–H and O–H groups in total. The van der Waals surface area contributed by atoms with Crippen molar-refractivity contribution >= 4 is 5.97 Å².